The van der Waals surface area contributed by atoms with Crippen LogP contribution in [-0.4, -0.2) is 29.1 Å². The summed E-state index contributed by atoms with van der Waals surface area (Å²) in [6, 6.07) is 7.51. The van der Waals surface area contributed by atoms with Gasteiger partial charge in [0.15, 0.2) is 0 Å². The fourth-order valence-electron chi connectivity index (χ4n) is 1.67. The van der Waals surface area contributed by atoms with Gasteiger partial charge in [0, 0.05) is 23.7 Å². The Morgan fingerprint density at radius 2 is 2.07 bits per heavy atom. The lowest BCUT2D eigenvalue weighted by atomic mass is 10.1. The summed E-state index contributed by atoms with van der Waals surface area (Å²) < 4.78 is 0. The molecular weight excluding hydrogens is 188 g/mol. The Balaban J connectivity index is 2.63. The number of phenolic OH excluding ortho intramolecular Hbond substituents is 1. The number of hydrogen-bond donors (Lipinski definition) is 1. The average Bonchev–Trinajstić information content (AvgIpc) is 2.22. The summed E-state index contributed by atoms with van der Waals surface area (Å²) in [7, 11) is 3.95. The minimum atomic E-state index is 0.315. The zero-order chi connectivity index (χ0) is 10.8. The second-order valence-corrected chi connectivity index (χ2v) is 3.88. The van der Waals surface area contributed by atoms with Gasteiger partial charge < -0.3 is 10.0 Å². The highest BCUT2D eigenvalue weighted by Crippen LogP contribution is 2.25. The van der Waals surface area contributed by atoms with Crippen molar-refractivity contribution in [1.82, 2.24) is 9.88 Å². The molecule has 0 aliphatic carbocycles. The zero-order valence-electron chi connectivity index (χ0n) is 8.94. The van der Waals surface area contributed by atoms with Crippen molar-refractivity contribution in [2.75, 3.05) is 14.1 Å². The first kappa shape index (κ1) is 9.93. The molecule has 0 spiro atoms. The minimum absolute atomic E-state index is 0.315. The van der Waals surface area contributed by atoms with Gasteiger partial charge in [-0.05, 0) is 32.3 Å². The summed E-state index contributed by atoms with van der Waals surface area (Å²) in [4.78, 5) is 6.33. The van der Waals surface area contributed by atoms with Gasteiger partial charge in [-0.2, -0.15) is 0 Å². The number of hydrogen-bond acceptors (Lipinski definition) is 3. The number of aromatic hydroxyl groups is 1. The van der Waals surface area contributed by atoms with Gasteiger partial charge in [0.25, 0.3) is 0 Å². The molecule has 0 aliphatic heterocycles. The number of aromatic nitrogens is 1. The zero-order valence-corrected chi connectivity index (χ0v) is 8.94. The van der Waals surface area contributed by atoms with E-state index in [0.717, 1.165) is 16.5 Å². The molecular formula is C12H14N2O. The summed E-state index contributed by atoms with van der Waals surface area (Å²) in [5.74, 6) is 0.315. The number of pyridine rings is 1. The maximum atomic E-state index is 9.79. The Labute approximate surface area is 89.0 Å². The second kappa shape index (κ2) is 3.87. The number of benzene rings is 1. The molecule has 1 aromatic carbocycles. The van der Waals surface area contributed by atoms with E-state index in [-0.39, 0.29) is 0 Å². The van der Waals surface area contributed by atoms with Crippen LogP contribution in [0.3, 0.4) is 0 Å². The van der Waals surface area contributed by atoms with E-state index < -0.39 is 0 Å². The Bertz CT molecular complexity index is 480. The highest BCUT2D eigenvalue weighted by molar-refractivity contribution is 5.83. The summed E-state index contributed by atoms with van der Waals surface area (Å²) in [5.41, 5.74) is 1.77. The standard InChI is InChI=1S/C12H14N2O/c1-14(2)8-10-11(15)6-5-9-4-3-7-13-12(9)10/h3-7,15H,8H2,1-2H3. The van der Waals surface area contributed by atoms with Crippen LogP contribution in [0.5, 0.6) is 5.75 Å². The summed E-state index contributed by atoms with van der Waals surface area (Å²) in [5, 5.41) is 10.9. The molecule has 2 aromatic rings. The topological polar surface area (TPSA) is 36.4 Å². The molecule has 0 saturated heterocycles. The van der Waals surface area contributed by atoms with Crippen LogP contribution in [0, 0.1) is 0 Å². The number of phenols is 1. The second-order valence-electron chi connectivity index (χ2n) is 3.88. The maximum absolute atomic E-state index is 9.79. The highest BCUT2D eigenvalue weighted by atomic mass is 16.3. The quantitative estimate of drug-likeness (QED) is 0.809. The van der Waals surface area contributed by atoms with Crippen LogP contribution in [0.15, 0.2) is 30.5 Å². The fourth-order valence-corrected chi connectivity index (χ4v) is 1.67. The molecule has 1 N–H and O–H groups in total. The van der Waals surface area contributed by atoms with Gasteiger partial charge in [-0.25, -0.2) is 0 Å². The van der Waals surface area contributed by atoms with Crippen molar-refractivity contribution in [2.45, 2.75) is 6.54 Å². The Hall–Kier alpha value is -1.61. The van der Waals surface area contributed by atoms with Crippen LogP contribution < -0.4 is 0 Å². The molecule has 1 heterocycles. The summed E-state index contributed by atoms with van der Waals surface area (Å²) in [6.07, 6.45) is 1.75. The van der Waals surface area contributed by atoms with E-state index in [9.17, 15) is 5.11 Å². The monoisotopic (exact) mass is 202 g/mol. The number of fused-ring (bicyclic) bond motifs is 1. The third-order valence-electron chi connectivity index (χ3n) is 2.33. The van der Waals surface area contributed by atoms with E-state index in [0.29, 0.717) is 12.3 Å². The van der Waals surface area contributed by atoms with Crippen molar-refractivity contribution in [3.63, 3.8) is 0 Å². The lowest BCUT2D eigenvalue weighted by Gasteiger charge is -2.12. The van der Waals surface area contributed by atoms with E-state index in [1.54, 1.807) is 12.3 Å². The first-order chi connectivity index (χ1) is 7.18. The first-order valence-corrected chi connectivity index (χ1v) is 4.89. The Kier molecular flexibility index (Phi) is 2.56. The summed E-state index contributed by atoms with van der Waals surface area (Å²) in [6.45, 7) is 0.695. The molecule has 0 saturated carbocycles. The summed E-state index contributed by atoms with van der Waals surface area (Å²) >= 11 is 0. The van der Waals surface area contributed by atoms with Crippen LogP contribution in [0.4, 0.5) is 0 Å². The molecule has 0 fully saturated rings. The fraction of sp³-hybridized carbons (Fsp3) is 0.250. The van der Waals surface area contributed by atoms with Crippen molar-refractivity contribution in [3.8, 4) is 5.75 Å². The smallest absolute Gasteiger partial charge is 0.122 e. The lowest BCUT2D eigenvalue weighted by Crippen LogP contribution is -2.11. The van der Waals surface area contributed by atoms with E-state index >= 15 is 0 Å². The van der Waals surface area contributed by atoms with E-state index in [4.69, 9.17) is 0 Å². The Morgan fingerprint density at radius 3 is 2.80 bits per heavy atom. The van der Waals surface area contributed by atoms with E-state index in [1.165, 1.54) is 0 Å². The van der Waals surface area contributed by atoms with Gasteiger partial charge in [-0.15, -0.1) is 0 Å². The van der Waals surface area contributed by atoms with Crippen molar-refractivity contribution >= 4 is 10.9 Å². The molecule has 0 bridgehead atoms. The molecule has 1 aromatic heterocycles. The van der Waals surface area contributed by atoms with Crippen LogP contribution in [0.2, 0.25) is 0 Å². The van der Waals surface area contributed by atoms with Crippen LogP contribution >= 0.6 is 0 Å². The van der Waals surface area contributed by atoms with Gasteiger partial charge >= 0.3 is 0 Å². The number of nitrogens with zero attached hydrogens (tertiary/aromatic N) is 2. The predicted octanol–water partition coefficient (Wildman–Crippen LogP) is 2.00. The van der Waals surface area contributed by atoms with Gasteiger partial charge in [0.05, 0.1) is 5.52 Å². The molecule has 0 amide bonds. The molecule has 0 aliphatic rings. The van der Waals surface area contributed by atoms with Crippen molar-refractivity contribution in [3.05, 3.63) is 36.0 Å². The van der Waals surface area contributed by atoms with E-state index in [2.05, 4.69) is 4.98 Å². The first-order valence-electron chi connectivity index (χ1n) is 4.89. The highest BCUT2D eigenvalue weighted by Gasteiger charge is 2.08. The Morgan fingerprint density at radius 1 is 1.27 bits per heavy atom. The largest absolute Gasteiger partial charge is 0.508 e. The predicted molar refractivity (Wildman–Crippen MR) is 60.8 cm³/mol. The third kappa shape index (κ3) is 1.92. The van der Waals surface area contributed by atoms with Crippen molar-refractivity contribution in [1.29, 1.82) is 0 Å². The molecule has 0 radical (unpaired) electrons. The third-order valence-corrected chi connectivity index (χ3v) is 2.33. The molecule has 3 nitrogen and oxygen atoms in total. The van der Waals surface area contributed by atoms with Gasteiger partial charge in [-0.1, -0.05) is 6.07 Å². The molecule has 0 unspecified atom stereocenters. The van der Waals surface area contributed by atoms with Gasteiger partial charge in [0.2, 0.25) is 0 Å². The average molecular weight is 202 g/mol. The van der Waals surface area contributed by atoms with E-state index in [1.807, 2.05) is 37.2 Å². The van der Waals surface area contributed by atoms with Crippen molar-refractivity contribution in [2.24, 2.45) is 0 Å². The minimum Gasteiger partial charge on any atom is -0.508 e. The maximum Gasteiger partial charge on any atom is 0.122 e. The molecule has 0 atom stereocenters. The lowest BCUT2D eigenvalue weighted by molar-refractivity contribution is 0.387. The molecule has 2 rings (SSSR count). The van der Waals surface area contributed by atoms with Crippen molar-refractivity contribution < 1.29 is 5.11 Å². The molecule has 15 heavy (non-hydrogen) atoms. The normalized spacial score (nSPS) is 11.1. The van der Waals surface area contributed by atoms with Gasteiger partial charge in [0.1, 0.15) is 5.75 Å². The molecule has 78 valence electrons. The number of rotatable bonds is 2. The SMILES string of the molecule is CN(C)Cc1c(O)ccc2cccnc12. The van der Waals surface area contributed by atoms with Crippen LogP contribution in [-0.2, 0) is 6.54 Å². The van der Waals surface area contributed by atoms with Gasteiger partial charge in [-0.3, -0.25) is 4.98 Å². The van der Waals surface area contributed by atoms with Crippen LogP contribution in [0.1, 0.15) is 5.56 Å². The van der Waals surface area contributed by atoms with Crippen LogP contribution in [0.25, 0.3) is 10.9 Å². The molecule has 3 heteroatoms.